The number of carbonyl (C=O) groups is 3. The Hall–Kier alpha value is -2.95. The van der Waals surface area contributed by atoms with E-state index >= 15 is 0 Å². The zero-order chi connectivity index (χ0) is 18.7. The van der Waals surface area contributed by atoms with Crippen molar-refractivity contribution in [3.8, 4) is 0 Å². The Morgan fingerprint density at radius 2 is 1.69 bits per heavy atom. The number of rotatable bonds is 6. The first-order valence-electron chi connectivity index (χ1n) is 8.77. The normalized spacial score (nSPS) is 19.5. The van der Waals surface area contributed by atoms with Crippen LogP contribution in [-0.2, 0) is 16.8 Å². The van der Waals surface area contributed by atoms with Gasteiger partial charge in [0, 0.05) is 5.56 Å². The van der Waals surface area contributed by atoms with Crippen molar-refractivity contribution < 1.29 is 14.4 Å². The molecule has 0 spiro atoms. The van der Waals surface area contributed by atoms with Crippen LogP contribution in [0.15, 0.2) is 54.6 Å². The Balaban J connectivity index is 1.80. The van der Waals surface area contributed by atoms with Crippen LogP contribution >= 0.6 is 0 Å². The van der Waals surface area contributed by atoms with E-state index in [4.69, 9.17) is 0 Å². The molecule has 1 atom stereocenters. The van der Waals surface area contributed by atoms with Crippen molar-refractivity contribution in [1.82, 2.24) is 10.2 Å². The number of nitrogens with zero attached hydrogens (tertiary/aromatic N) is 1. The molecule has 1 aliphatic heterocycles. The number of hydrogen-bond acceptors (Lipinski definition) is 3. The average molecular weight is 350 g/mol. The van der Waals surface area contributed by atoms with Crippen LogP contribution in [0.5, 0.6) is 0 Å². The minimum Gasteiger partial charge on any atom is -0.319 e. The average Bonchev–Trinajstić information content (AvgIpc) is 2.87. The Morgan fingerprint density at radius 1 is 1.04 bits per heavy atom. The van der Waals surface area contributed by atoms with E-state index in [9.17, 15) is 14.4 Å². The van der Waals surface area contributed by atoms with E-state index in [1.807, 2.05) is 30.3 Å². The van der Waals surface area contributed by atoms with Gasteiger partial charge in [-0.15, -0.1) is 0 Å². The molecule has 1 aliphatic rings. The van der Waals surface area contributed by atoms with Gasteiger partial charge in [-0.1, -0.05) is 67.9 Å². The summed E-state index contributed by atoms with van der Waals surface area (Å²) < 4.78 is 0. The van der Waals surface area contributed by atoms with Crippen LogP contribution < -0.4 is 5.32 Å². The highest BCUT2D eigenvalue weighted by Crippen LogP contribution is 2.29. The summed E-state index contributed by atoms with van der Waals surface area (Å²) in [4.78, 5) is 38.6. The van der Waals surface area contributed by atoms with Gasteiger partial charge in [0.25, 0.3) is 5.91 Å². The van der Waals surface area contributed by atoms with Gasteiger partial charge >= 0.3 is 6.03 Å². The first-order valence-corrected chi connectivity index (χ1v) is 8.77. The van der Waals surface area contributed by atoms with E-state index in [1.165, 1.54) is 5.56 Å². The van der Waals surface area contributed by atoms with E-state index in [0.717, 1.165) is 17.7 Å². The predicted octanol–water partition coefficient (Wildman–Crippen LogP) is 3.29. The van der Waals surface area contributed by atoms with Gasteiger partial charge in [-0.2, -0.15) is 0 Å². The Morgan fingerprint density at radius 3 is 2.31 bits per heavy atom. The van der Waals surface area contributed by atoms with Gasteiger partial charge in [0.05, 0.1) is 6.54 Å². The third-order valence-corrected chi connectivity index (χ3v) is 4.74. The lowest BCUT2D eigenvalue weighted by atomic mass is 9.91. The van der Waals surface area contributed by atoms with Crippen molar-refractivity contribution >= 4 is 17.7 Å². The molecule has 1 N–H and O–H groups in total. The zero-order valence-corrected chi connectivity index (χ0v) is 15.0. The summed E-state index contributed by atoms with van der Waals surface area (Å²) in [5.74, 6) is -0.674. The molecule has 2 aromatic carbocycles. The SMILES string of the molecule is CCCc1ccc([C@@]2(C)NC(=O)N(CC(=O)c3ccccc3)C2=O)cc1. The molecule has 1 fully saturated rings. The maximum Gasteiger partial charge on any atom is 0.325 e. The van der Waals surface area contributed by atoms with E-state index in [2.05, 4.69) is 12.2 Å². The van der Waals surface area contributed by atoms with Gasteiger partial charge in [0.15, 0.2) is 5.78 Å². The van der Waals surface area contributed by atoms with Gasteiger partial charge in [-0.05, 0) is 24.5 Å². The molecule has 26 heavy (non-hydrogen) atoms. The second kappa shape index (κ2) is 7.12. The van der Waals surface area contributed by atoms with Crippen molar-refractivity contribution in [3.63, 3.8) is 0 Å². The molecule has 0 bridgehead atoms. The zero-order valence-electron chi connectivity index (χ0n) is 15.0. The maximum absolute atomic E-state index is 12.9. The fourth-order valence-corrected chi connectivity index (χ4v) is 3.19. The summed E-state index contributed by atoms with van der Waals surface area (Å²) in [6.45, 7) is 3.52. The molecule has 3 amide bonds. The van der Waals surface area contributed by atoms with Crippen LogP contribution in [0.4, 0.5) is 4.79 Å². The van der Waals surface area contributed by atoms with Crippen molar-refractivity contribution in [3.05, 3.63) is 71.3 Å². The van der Waals surface area contributed by atoms with E-state index in [1.54, 1.807) is 31.2 Å². The van der Waals surface area contributed by atoms with Crippen LogP contribution in [0.25, 0.3) is 0 Å². The third-order valence-electron chi connectivity index (χ3n) is 4.74. The number of ketones is 1. The van der Waals surface area contributed by atoms with Crippen molar-refractivity contribution in [1.29, 1.82) is 0 Å². The number of carbonyl (C=O) groups excluding carboxylic acids is 3. The predicted molar refractivity (Wildman–Crippen MR) is 98.8 cm³/mol. The molecular formula is C21H22N2O3. The molecule has 134 valence electrons. The van der Waals surface area contributed by atoms with Gasteiger partial charge in [0.2, 0.25) is 0 Å². The van der Waals surface area contributed by atoms with E-state index < -0.39 is 17.5 Å². The van der Waals surface area contributed by atoms with Gasteiger partial charge < -0.3 is 5.32 Å². The lowest BCUT2D eigenvalue weighted by Crippen LogP contribution is -2.41. The second-order valence-electron chi connectivity index (χ2n) is 6.68. The van der Waals surface area contributed by atoms with Crippen molar-refractivity contribution in [2.24, 2.45) is 0 Å². The highest BCUT2D eigenvalue weighted by molar-refractivity contribution is 6.11. The summed E-state index contributed by atoms with van der Waals surface area (Å²) in [6, 6.07) is 15.8. The summed E-state index contributed by atoms with van der Waals surface area (Å²) >= 11 is 0. The molecule has 0 aliphatic carbocycles. The number of amides is 3. The summed E-state index contributed by atoms with van der Waals surface area (Å²) in [7, 11) is 0. The summed E-state index contributed by atoms with van der Waals surface area (Å²) in [5.41, 5.74) is 1.22. The van der Waals surface area contributed by atoms with Gasteiger partial charge in [0.1, 0.15) is 5.54 Å². The monoisotopic (exact) mass is 350 g/mol. The smallest absolute Gasteiger partial charge is 0.319 e. The topological polar surface area (TPSA) is 66.5 Å². The first kappa shape index (κ1) is 17.9. The highest BCUT2D eigenvalue weighted by atomic mass is 16.2. The number of aryl methyl sites for hydroxylation is 1. The van der Waals surface area contributed by atoms with E-state index in [-0.39, 0.29) is 12.3 Å². The lowest BCUT2D eigenvalue weighted by Gasteiger charge is -2.22. The lowest BCUT2D eigenvalue weighted by molar-refractivity contribution is -0.130. The number of benzene rings is 2. The molecule has 0 unspecified atom stereocenters. The number of urea groups is 1. The Bertz CT molecular complexity index is 830. The van der Waals surface area contributed by atoms with Crippen molar-refractivity contribution in [2.45, 2.75) is 32.2 Å². The first-order chi connectivity index (χ1) is 12.5. The summed E-state index contributed by atoms with van der Waals surface area (Å²) in [5, 5.41) is 2.74. The number of nitrogens with one attached hydrogen (secondary N) is 1. The number of Topliss-reactive ketones (excluding diaryl/α,β-unsaturated/α-hetero) is 1. The molecule has 3 rings (SSSR count). The third kappa shape index (κ3) is 3.25. The van der Waals surface area contributed by atoms with Gasteiger partial charge in [-0.3, -0.25) is 14.5 Å². The van der Waals surface area contributed by atoms with Gasteiger partial charge in [-0.25, -0.2) is 4.79 Å². The fraction of sp³-hybridized carbons (Fsp3) is 0.286. The van der Waals surface area contributed by atoms with Crippen LogP contribution in [0.2, 0.25) is 0 Å². The van der Waals surface area contributed by atoms with E-state index in [0.29, 0.717) is 11.1 Å². The molecule has 0 aromatic heterocycles. The van der Waals surface area contributed by atoms with Crippen LogP contribution in [0.1, 0.15) is 41.8 Å². The highest BCUT2D eigenvalue weighted by Gasteiger charge is 2.49. The Kier molecular flexibility index (Phi) is 4.89. The largest absolute Gasteiger partial charge is 0.325 e. The quantitative estimate of drug-likeness (QED) is 0.642. The van der Waals surface area contributed by atoms with Crippen molar-refractivity contribution in [2.75, 3.05) is 6.54 Å². The molecule has 0 radical (unpaired) electrons. The maximum atomic E-state index is 12.9. The van der Waals surface area contributed by atoms with Crippen LogP contribution in [-0.4, -0.2) is 29.2 Å². The summed E-state index contributed by atoms with van der Waals surface area (Å²) in [6.07, 6.45) is 2.01. The molecule has 1 saturated heterocycles. The number of imide groups is 1. The number of hydrogen-bond donors (Lipinski definition) is 1. The standard InChI is InChI=1S/C21H22N2O3/c1-3-7-15-10-12-17(13-11-15)21(2)19(25)23(20(26)22-21)14-18(24)16-8-5-4-6-9-16/h4-6,8-13H,3,7,14H2,1-2H3,(H,22,26)/t21-/m1/s1. The van der Waals surface area contributed by atoms with Crippen LogP contribution in [0, 0.1) is 0 Å². The molecule has 2 aromatic rings. The fourth-order valence-electron chi connectivity index (χ4n) is 3.19. The second-order valence-corrected chi connectivity index (χ2v) is 6.68. The minimum atomic E-state index is -1.15. The molecule has 5 nitrogen and oxygen atoms in total. The molecule has 1 heterocycles. The molecule has 5 heteroatoms. The van der Waals surface area contributed by atoms with Crippen LogP contribution in [0.3, 0.4) is 0 Å². The molecular weight excluding hydrogens is 328 g/mol. The minimum absolute atomic E-state index is 0.266. The Labute approximate surface area is 153 Å². The molecule has 0 saturated carbocycles.